The molecule has 1 fully saturated rings. The fourth-order valence-electron chi connectivity index (χ4n) is 4.09. The molecule has 9 heteroatoms. The lowest BCUT2D eigenvalue weighted by Gasteiger charge is -2.30. The van der Waals surface area contributed by atoms with Crippen molar-refractivity contribution in [3.63, 3.8) is 0 Å². The number of nitrogens with zero attached hydrogens (tertiary/aromatic N) is 3. The molecule has 3 aromatic rings. The van der Waals surface area contributed by atoms with Gasteiger partial charge in [-0.1, -0.05) is 19.1 Å². The van der Waals surface area contributed by atoms with Crippen LogP contribution in [0.2, 0.25) is 0 Å². The summed E-state index contributed by atoms with van der Waals surface area (Å²) in [7, 11) is 4.57. The number of piperidine rings is 1. The van der Waals surface area contributed by atoms with Crippen molar-refractivity contribution in [2.75, 3.05) is 50.0 Å². The summed E-state index contributed by atoms with van der Waals surface area (Å²) < 4.78 is 16.0. The fourth-order valence-corrected chi connectivity index (χ4v) is 4.09. The van der Waals surface area contributed by atoms with E-state index >= 15 is 0 Å². The molecule has 0 atom stereocenters. The molecule has 1 aliphatic heterocycles. The van der Waals surface area contributed by atoms with E-state index in [9.17, 15) is 4.79 Å². The maximum atomic E-state index is 12.7. The van der Waals surface area contributed by atoms with Crippen LogP contribution in [0.25, 0.3) is 11.3 Å². The standard InChI is InChI=1S/C26H31N5O4/c1-17-10-12-31(13-11-17)24-9-8-21(29-30-24)18-6-5-7-19(14-18)27-26(32)28-20-15-22(33-2)25(35-4)23(16-20)34-3/h5-9,14-17H,10-13H2,1-4H3,(H2,27,28,32). The van der Waals surface area contributed by atoms with Crippen molar-refractivity contribution in [3.8, 4) is 28.5 Å². The van der Waals surface area contributed by atoms with Gasteiger partial charge in [0.05, 0.1) is 32.7 Å². The lowest BCUT2D eigenvalue weighted by Crippen LogP contribution is -2.33. The summed E-state index contributed by atoms with van der Waals surface area (Å²) in [5.74, 6) is 3.02. The van der Waals surface area contributed by atoms with Crippen molar-refractivity contribution >= 4 is 23.2 Å². The molecule has 2 N–H and O–H groups in total. The largest absolute Gasteiger partial charge is 0.493 e. The van der Waals surface area contributed by atoms with Gasteiger partial charge in [0.15, 0.2) is 17.3 Å². The fraction of sp³-hybridized carbons (Fsp3) is 0.346. The summed E-state index contributed by atoms with van der Waals surface area (Å²) in [6.45, 7) is 4.31. The van der Waals surface area contributed by atoms with E-state index in [0.717, 1.165) is 36.1 Å². The van der Waals surface area contributed by atoms with Gasteiger partial charge in [0.1, 0.15) is 0 Å². The molecular weight excluding hydrogens is 446 g/mol. The van der Waals surface area contributed by atoms with Crippen LogP contribution in [0.3, 0.4) is 0 Å². The molecule has 184 valence electrons. The van der Waals surface area contributed by atoms with E-state index in [1.807, 2.05) is 36.4 Å². The Hall–Kier alpha value is -4.01. The number of hydrogen-bond acceptors (Lipinski definition) is 7. The highest BCUT2D eigenvalue weighted by molar-refractivity contribution is 6.00. The topological polar surface area (TPSA) is 97.8 Å². The third kappa shape index (κ3) is 5.74. The molecule has 0 spiro atoms. The first-order valence-corrected chi connectivity index (χ1v) is 11.6. The van der Waals surface area contributed by atoms with Gasteiger partial charge in [-0.3, -0.25) is 0 Å². The van der Waals surface area contributed by atoms with Crippen LogP contribution in [-0.2, 0) is 0 Å². The summed E-state index contributed by atoms with van der Waals surface area (Å²) in [5, 5.41) is 14.5. The van der Waals surface area contributed by atoms with Crippen LogP contribution in [0.15, 0.2) is 48.5 Å². The van der Waals surface area contributed by atoms with Crippen LogP contribution in [0.1, 0.15) is 19.8 Å². The van der Waals surface area contributed by atoms with Gasteiger partial charge in [0.25, 0.3) is 0 Å². The number of amides is 2. The minimum absolute atomic E-state index is 0.405. The van der Waals surface area contributed by atoms with Gasteiger partial charge in [-0.2, -0.15) is 0 Å². The molecule has 0 aliphatic carbocycles. The highest BCUT2D eigenvalue weighted by Gasteiger charge is 2.18. The minimum atomic E-state index is -0.405. The molecule has 9 nitrogen and oxygen atoms in total. The number of carbonyl (C=O) groups excluding carboxylic acids is 1. The van der Waals surface area contributed by atoms with Crippen molar-refractivity contribution in [2.45, 2.75) is 19.8 Å². The molecule has 2 heterocycles. The molecule has 0 saturated carbocycles. The van der Waals surface area contributed by atoms with E-state index < -0.39 is 6.03 Å². The zero-order valence-corrected chi connectivity index (χ0v) is 20.5. The molecule has 0 unspecified atom stereocenters. The molecule has 1 aliphatic rings. The monoisotopic (exact) mass is 477 g/mol. The third-order valence-corrected chi connectivity index (χ3v) is 6.10. The van der Waals surface area contributed by atoms with Gasteiger partial charge >= 0.3 is 6.03 Å². The molecule has 0 radical (unpaired) electrons. The number of methoxy groups -OCH3 is 3. The number of benzene rings is 2. The van der Waals surface area contributed by atoms with Crippen LogP contribution < -0.4 is 29.7 Å². The van der Waals surface area contributed by atoms with Gasteiger partial charge in [-0.25, -0.2) is 4.79 Å². The number of anilines is 3. The quantitative estimate of drug-likeness (QED) is 0.491. The van der Waals surface area contributed by atoms with Gasteiger partial charge in [0, 0.05) is 36.5 Å². The van der Waals surface area contributed by atoms with Crippen LogP contribution in [0.4, 0.5) is 22.0 Å². The average molecular weight is 478 g/mol. The Kier molecular flexibility index (Phi) is 7.54. The lowest BCUT2D eigenvalue weighted by atomic mass is 9.99. The second-order valence-corrected chi connectivity index (χ2v) is 8.52. The Morgan fingerprint density at radius 1 is 0.886 bits per heavy atom. The zero-order valence-electron chi connectivity index (χ0n) is 20.5. The molecule has 2 aromatic carbocycles. The summed E-state index contributed by atoms with van der Waals surface area (Å²) in [5.41, 5.74) is 2.74. The second-order valence-electron chi connectivity index (χ2n) is 8.52. The van der Waals surface area contributed by atoms with E-state index in [2.05, 4.69) is 32.7 Å². The maximum Gasteiger partial charge on any atom is 0.323 e. The van der Waals surface area contributed by atoms with E-state index in [1.54, 1.807) is 12.1 Å². The maximum absolute atomic E-state index is 12.7. The lowest BCUT2D eigenvalue weighted by molar-refractivity contribution is 0.262. The third-order valence-electron chi connectivity index (χ3n) is 6.10. The zero-order chi connectivity index (χ0) is 24.8. The normalized spacial score (nSPS) is 13.8. The van der Waals surface area contributed by atoms with Gasteiger partial charge < -0.3 is 29.7 Å². The van der Waals surface area contributed by atoms with Crippen molar-refractivity contribution in [1.29, 1.82) is 0 Å². The van der Waals surface area contributed by atoms with Crippen molar-refractivity contribution in [1.82, 2.24) is 10.2 Å². The predicted octanol–water partition coefficient (Wildman–Crippen LogP) is 5.05. The van der Waals surface area contributed by atoms with Gasteiger partial charge in [0.2, 0.25) is 5.75 Å². The van der Waals surface area contributed by atoms with E-state index in [-0.39, 0.29) is 0 Å². The molecule has 0 bridgehead atoms. The highest BCUT2D eigenvalue weighted by Crippen LogP contribution is 2.40. The smallest absolute Gasteiger partial charge is 0.323 e. The van der Waals surface area contributed by atoms with Crippen molar-refractivity contribution in [2.24, 2.45) is 5.92 Å². The molecule has 35 heavy (non-hydrogen) atoms. The molecular formula is C26H31N5O4. The van der Waals surface area contributed by atoms with E-state index in [1.165, 1.54) is 34.2 Å². The average Bonchev–Trinajstić information content (AvgIpc) is 2.88. The Labute approximate surface area is 205 Å². The number of rotatable bonds is 7. The van der Waals surface area contributed by atoms with Crippen molar-refractivity contribution in [3.05, 3.63) is 48.5 Å². The number of urea groups is 1. The van der Waals surface area contributed by atoms with E-state index in [4.69, 9.17) is 14.2 Å². The summed E-state index contributed by atoms with van der Waals surface area (Å²) in [4.78, 5) is 14.9. The SMILES string of the molecule is COc1cc(NC(=O)Nc2cccc(-c3ccc(N4CCC(C)CC4)nn3)c2)cc(OC)c1OC. The minimum Gasteiger partial charge on any atom is -0.493 e. The first-order valence-electron chi connectivity index (χ1n) is 11.6. The Morgan fingerprint density at radius 2 is 1.57 bits per heavy atom. The first-order chi connectivity index (χ1) is 17.0. The van der Waals surface area contributed by atoms with E-state index in [0.29, 0.717) is 28.6 Å². The molecule has 1 aromatic heterocycles. The van der Waals surface area contributed by atoms with Crippen LogP contribution in [-0.4, -0.2) is 50.6 Å². The molecule has 4 rings (SSSR count). The summed E-state index contributed by atoms with van der Waals surface area (Å²) >= 11 is 0. The van der Waals surface area contributed by atoms with Crippen LogP contribution >= 0.6 is 0 Å². The molecule has 2 amide bonds. The number of ether oxygens (including phenoxy) is 3. The first kappa shape index (κ1) is 24.1. The van der Waals surface area contributed by atoms with Gasteiger partial charge in [-0.15, -0.1) is 10.2 Å². The van der Waals surface area contributed by atoms with Gasteiger partial charge in [-0.05, 0) is 43.0 Å². The Balaban J connectivity index is 1.43. The second kappa shape index (κ2) is 10.9. The molecule has 1 saturated heterocycles. The summed E-state index contributed by atoms with van der Waals surface area (Å²) in [6.07, 6.45) is 2.35. The number of nitrogens with one attached hydrogen (secondary N) is 2. The van der Waals surface area contributed by atoms with Crippen LogP contribution in [0, 0.1) is 5.92 Å². The Morgan fingerprint density at radius 3 is 2.17 bits per heavy atom. The number of hydrogen-bond donors (Lipinski definition) is 2. The number of carbonyl (C=O) groups is 1. The van der Waals surface area contributed by atoms with Crippen LogP contribution in [0.5, 0.6) is 17.2 Å². The predicted molar refractivity (Wildman–Crippen MR) is 137 cm³/mol. The number of aromatic nitrogens is 2. The van der Waals surface area contributed by atoms with Crippen molar-refractivity contribution < 1.29 is 19.0 Å². The highest BCUT2D eigenvalue weighted by atomic mass is 16.5. The summed E-state index contributed by atoms with van der Waals surface area (Å²) in [6, 6.07) is 14.4. The Bertz CT molecular complexity index is 1140.